The Morgan fingerprint density at radius 1 is 0.225 bits per heavy atom. The van der Waals surface area contributed by atoms with Crippen LogP contribution in [0, 0.1) is 0 Å². The summed E-state index contributed by atoms with van der Waals surface area (Å²) in [6.45, 7) is 0. The number of hydrogen-bond acceptors (Lipinski definition) is 1. The summed E-state index contributed by atoms with van der Waals surface area (Å²) in [4.78, 5) is 6.10. The summed E-state index contributed by atoms with van der Waals surface area (Å²) >= 11 is 0. The van der Waals surface area contributed by atoms with Gasteiger partial charge in [0.2, 0.25) is 8.07 Å². The number of benzene rings is 13. The lowest BCUT2D eigenvalue weighted by Crippen LogP contribution is -2.75. The Balaban J connectivity index is 0.925. The molecule has 0 atom stereocenters. The molecular weight excluding hydrogens is 1100 g/mol. The van der Waals surface area contributed by atoms with E-state index in [1.54, 1.807) is 0 Å². The van der Waals surface area contributed by atoms with E-state index in [4.69, 9.17) is 4.98 Å². The van der Waals surface area contributed by atoms with Gasteiger partial charge in [-0.15, -0.1) is 0 Å². The molecule has 6 heteroatoms. The Morgan fingerprint density at radius 3 is 1.01 bits per heavy atom. The number of nitrogens with zero attached hydrogens (tertiary/aromatic N) is 5. The van der Waals surface area contributed by atoms with Gasteiger partial charge < -0.3 is 13.7 Å². The van der Waals surface area contributed by atoms with Crippen LogP contribution in [0.15, 0.2) is 334 Å². The van der Waals surface area contributed by atoms with Crippen molar-refractivity contribution >= 4 is 116 Å². The summed E-state index contributed by atoms with van der Waals surface area (Å²) in [5.41, 5.74) is 17.2. The van der Waals surface area contributed by atoms with Gasteiger partial charge >= 0.3 is 0 Å². The van der Waals surface area contributed by atoms with E-state index in [-0.39, 0.29) is 0 Å². The Bertz CT molecular complexity index is 5670. The molecule has 0 aliphatic heterocycles. The zero-order valence-corrected chi connectivity index (χ0v) is 49.5. The van der Waals surface area contributed by atoms with Crippen LogP contribution in [0.3, 0.4) is 0 Å². The maximum atomic E-state index is 6.10. The number of para-hydroxylation sites is 5. The largest absolute Gasteiger partial charge is 0.309 e. The van der Waals surface area contributed by atoms with E-state index in [9.17, 15) is 0 Å². The zero-order chi connectivity index (χ0) is 58.6. The predicted octanol–water partition coefficient (Wildman–Crippen LogP) is 18.2. The van der Waals surface area contributed by atoms with Crippen LogP contribution in [0.25, 0.3) is 132 Å². The molecule has 5 heterocycles. The van der Waals surface area contributed by atoms with Gasteiger partial charge in [0.25, 0.3) is 0 Å². The highest BCUT2D eigenvalue weighted by atomic mass is 28.3. The van der Waals surface area contributed by atoms with Gasteiger partial charge in [0.05, 0.1) is 44.1 Å². The molecule has 89 heavy (non-hydrogen) atoms. The second-order valence-electron chi connectivity index (χ2n) is 23.4. The molecule has 0 bridgehead atoms. The van der Waals surface area contributed by atoms with Crippen molar-refractivity contribution in [2.75, 3.05) is 0 Å². The smallest absolute Gasteiger partial charge is 0.201 e. The standard InChI is InChI=1S/C83H55N5Si/c1-7-24-60(25-8-1)85-73-38-21-19-36-66(73)69-52-56(42-47-75(69)85)58-44-49-77-71(54-58)68-46-51-79-82(83(68)88(77)80-40-23-41-81(84-80)89(63-30-13-4-14-31-63,64-32-15-5-16-33-64)65-34-17-6-18-35-65)72-55-59(45-50-78(72)87(79)62-28-11-3-12-29-62)57-43-48-76-70(53-57)67-37-20-22-39-74(67)86(76)61-26-9-2-10-27-61/h1-55H. The van der Waals surface area contributed by atoms with Gasteiger partial charge in [0.15, 0.2) is 0 Å². The van der Waals surface area contributed by atoms with Gasteiger partial charge in [-0.3, -0.25) is 4.57 Å². The topological polar surface area (TPSA) is 32.6 Å². The molecule has 5 nitrogen and oxygen atoms in total. The molecule has 5 aromatic heterocycles. The van der Waals surface area contributed by atoms with Crippen molar-refractivity contribution in [2.45, 2.75) is 0 Å². The van der Waals surface area contributed by atoms with Crippen molar-refractivity contribution in [3.8, 4) is 45.1 Å². The molecule has 18 rings (SSSR count). The first-order valence-corrected chi connectivity index (χ1v) is 32.6. The maximum Gasteiger partial charge on any atom is 0.201 e. The molecule has 0 saturated heterocycles. The molecule has 0 amide bonds. The second-order valence-corrected chi connectivity index (χ2v) is 27.1. The third-order valence-electron chi connectivity index (χ3n) is 18.7. The zero-order valence-electron chi connectivity index (χ0n) is 48.5. The van der Waals surface area contributed by atoms with E-state index in [2.05, 4.69) is 352 Å². The number of hydrogen-bond donors (Lipinski definition) is 0. The fourth-order valence-electron chi connectivity index (χ4n) is 14.8. The van der Waals surface area contributed by atoms with Gasteiger partial charge in [0.1, 0.15) is 5.82 Å². The highest BCUT2D eigenvalue weighted by Gasteiger charge is 2.43. The molecule has 0 radical (unpaired) electrons. The lowest BCUT2D eigenvalue weighted by Gasteiger charge is -2.33. The van der Waals surface area contributed by atoms with Crippen LogP contribution in [0.4, 0.5) is 0 Å². The van der Waals surface area contributed by atoms with Crippen molar-refractivity contribution in [3.63, 3.8) is 0 Å². The lowest BCUT2D eigenvalue weighted by atomic mass is 9.99. The minimum Gasteiger partial charge on any atom is -0.309 e. The normalized spacial score (nSPS) is 12.0. The van der Waals surface area contributed by atoms with Crippen molar-refractivity contribution in [2.24, 2.45) is 0 Å². The van der Waals surface area contributed by atoms with Crippen LogP contribution in [0.2, 0.25) is 0 Å². The van der Waals surface area contributed by atoms with Crippen LogP contribution in [0.1, 0.15) is 0 Å². The second kappa shape index (κ2) is 20.3. The average Bonchev–Trinajstić information content (AvgIpc) is 1.70. The van der Waals surface area contributed by atoms with Crippen LogP contribution in [-0.4, -0.2) is 31.3 Å². The van der Waals surface area contributed by atoms with Gasteiger partial charge in [0, 0.05) is 65.5 Å². The molecule has 0 N–H and O–H groups in total. The monoisotopic (exact) mass is 1150 g/mol. The Morgan fingerprint density at radius 2 is 0.562 bits per heavy atom. The molecule has 0 unspecified atom stereocenters. The van der Waals surface area contributed by atoms with Crippen molar-refractivity contribution < 1.29 is 0 Å². The summed E-state index contributed by atoms with van der Waals surface area (Å²) in [5.74, 6) is 0.870. The summed E-state index contributed by atoms with van der Waals surface area (Å²) < 4.78 is 9.73. The van der Waals surface area contributed by atoms with Crippen LogP contribution < -0.4 is 20.9 Å². The minimum absolute atomic E-state index is 0.870. The van der Waals surface area contributed by atoms with E-state index >= 15 is 0 Å². The third kappa shape index (κ3) is 7.77. The molecule has 416 valence electrons. The molecule has 0 aliphatic carbocycles. The third-order valence-corrected chi connectivity index (χ3v) is 23.3. The number of fused-ring (bicyclic) bond motifs is 13. The van der Waals surface area contributed by atoms with Gasteiger partial charge in [-0.05, 0) is 153 Å². The first-order chi connectivity index (χ1) is 44.2. The molecule has 0 aliphatic rings. The summed E-state index contributed by atoms with van der Waals surface area (Å²) in [7, 11) is -3.06. The highest BCUT2D eigenvalue weighted by molar-refractivity contribution is 7.19. The van der Waals surface area contributed by atoms with Gasteiger partial charge in [-0.25, -0.2) is 4.98 Å². The van der Waals surface area contributed by atoms with E-state index < -0.39 is 8.07 Å². The summed E-state index contributed by atoms with van der Waals surface area (Å²) in [6, 6.07) is 123. The highest BCUT2D eigenvalue weighted by Crippen LogP contribution is 2.45. The summed E-state index contributed by atoms with van der Waals surface area (Å²) in [5, 5.41) is 14.5. The number of aromatic nitrogens is 5. The van der Waals surface area contributed by atoms with Crippen molar-refractivity contribution in [3.05, 3.63) is 334 Å². The Hall–Kier alpha value is -11.6. The molecule has 13 aromatic carbocycles. The SMILES string of the molecule is c1ccc(-n2c3ccccc3c3cc(-c4ccc5c(c4)c4c(ccc6c7cc(-c8ccc9c(c8)c8ccccc8n9-c8ccccc8)ccc7n(-c7cccc([Si](c8ccccc8)(c8ccccc8)c8ccccc8)n7)c64)n5-c4ccccc4)ccc32)cc1. The fourth-order valence-corrected chi connectivity index (χ4v) is 19.4. The first-order valence-electron chi connectivity index (χ1n) is 30.6. The van der Waals surface area contributed by atoms with Gasteiger partial charge in [-0.2, -0.15) is 0 Å². The number of rotatable bonds is 10. The van der Waals surface area contributed by atoms with E-state index in [1.807, 2.05) is 0 Å². The van der Waals surface area contributed by atoms with E-state index in [1.165, 1.54) is 69.9 Å². The Labute approximate surface area is 515 Å². The quantitative estimate of drug-likeness (QED) is 0.0992. The van der Waals surface area contributed by atoms with Crippen LogP contribution in [0.5, 0.6) is 0 Å². The van der Waals surface area contributed by atoms with Crippen molar-refractivity contribution in [1.82, 2.24) is 23.3 Å². The fraction of sp³-hybridized carbons (Fsp3) is 0. The average molecular weight is 1150 g/mol. The minimum atomic E-state index is -3.06. The number of pyridine rings is 1. The molecule has 18 aromatic rings. The van der Waals surface area contributed by atoms with E-state index in [0.29, 0.717) is 0 Å². The van der Waals surface area contributed by atoms with E-state index in [0.717, 1.165) is 83.3 Å². The predicted molar refractivity (Wildman–Crippen MR) is 376 cm³/mol. The van der Waals surface area contributed by atoms with Crippen LogP contribution >= 0.6 is 0 Å². The Kier molecular flexibility index (Phi) is 11.6. The lowest BCUT2D eigenvalue weighted by molar-refractivity contribution is 1.10. The van der Waals surface area contributed by atoms with Gasteiger partial charge in [-0.1, -0.05) is 218 Å². The summed E-state index contributed by atoms with van der Waals surface area (Å²) in [6.07, 6.45) is 0. The molecule has 0 saturated carbocycles. The van der Waals surface area contributed by atoms with Crippen molar-refractivity contribution in [1.29, 1.82) is 0 Å². The van der Waals surface area contributed by atoms with Crippen LogP contribution in [-0.2, 0) is 0 Å². The molecule has 0 fully saturated rings. The first kappa shape index (κ1) is 50.7. The molecule has 0 spiro atoms. The molecular formula is C83H55N5Si. The maximum absolute atomic E-state index is 6.10.